The highest BCUT2D eigenvalue weighted by molar-refractivity contribution is 7.10. The molecule has 0 radical (unpaired) electrons. The van der Waals surface area contributed by atoms with Crippen molar-refractivity contribution in [3.8, 4) is 11.1 Å². The lowest BCUT2D eigenvalue weighted by Gasteiger charge is -2.21. The van der Waals surface area contributed by atoms with E-state index in [0.717, 1.165) is 21.6 Å². The van der Waals surface area contributed by atoms with Crippen LogP contribution in [-0.4, -0.2) is 24.8 Å². The van der Waals surface area contributed by atoms with E-state index >= 15 is 0 Å². The second-order valence-corrected chi connectivity index (χ2v) is 8.03. The van der Waals surface area contributed by atoms with Gasteiger partial charge in [-0.3, -0.25) is 0 Å². The second kappa shape index (κ2) is 8.90. The van der Waals surface area contributed by atoms with Crippen LogP contribution < -0.4 is 10.6 Å². The van der Waals surface area contributed by atoms with Gasteiger partial charge in [0.15, 0.2) is 0 Å². The molecule has 7 heteroatoms. The summed E-state index contributed by atoms with van der Waals surface area (Å²) in [5, 5.41) is 7.32. The first-order chi connectivity index (χ1) is 12.7. The van der Waals surface area contributed by atoms with Crippen LogP contribution in [0.25, 0.3) is 11.1 Å². The minimum Gasteiger partial charge on any atom is -0.445 e. The number of benzene rings is 1. The van der Waals surface area contributed by atoms with Crippen LogP contribution >= 0.6 is 11.3 Å². The predicted molar refractivity (Wildman–Crippen MR) is 107 cm³/mol. The molecule has 0 saturated carbocycles. The van der Waals surface area contributed by atoms with Gasteiger partial charge in [-0.05, 0) is 55.8 Å². The van der Waals surface area contributed by atoms with Crippen LogP contribution in [0.1, 0.15) is 44.2 Å². The summed E-state index contributed by atoms with van der Waals surface area (Å²) in [5.74, 6) is 0. The standard InChI is InChI=1S/C20H26N2O4S/c1-13(22-19(24)26-20(2,3)4)17-10-15(12-27-17)16-9-7-6-8-14(16)11-25-18(23)21-5/h6-10,12-13H,11H2,1-5H3,(H,21,23)(H,22,24)/t13-/m1/s1. The highest BCUT2D eigenvalue weighted by atomic mass is 32.1. The van der Waals surface area contributed by atoms with Crippen LogP contribution in [-0.2, 0) is 16.1 Å². The van der Waals surface area contributed by atoms with Crippen molar-refractivity contribution in [3.63, 3.8) is 0 Å². The largest absolute Gasteiger partial charge is 0.445 e. The Morgan fingerprint density at radius 2 is 1.89 bits per heavy atom. The average Bonchev–Trinajstić information content (AvgIpc) is 3.08. The topological polar surface area (TPSA) is 76.7 Å². The van der Waals surface area contributed by atoms with Gasteiger partial charge in [0.05, 0.1) is 6.04 Å². The average molecular weight is 391 g/mol. The fourth-order valence-corrected chi connectivity index (χ4v) is 3.34. The molecule has 1 aromatic heterocycles. The van der Waals surface area contributed by atoms with Gasteiger partial charge in [-0.15, -0.1) is 11.3 Å². The van der Waals surface area contributed by atoms with E-state index in [-0.39, 0.29) is 12.6 Å². The Kier molecular flexibility index (Phi) is 6.85. The first-order valence-corrected chi connectivity index (χ1v) is 9.58. The van der Waals surface area contributed by atoms with Crippen LogP contribution in [0.3, 0.4) is 0 Å². The van der Waals surface area contributed by atoms with Crippen molar-refractivity contribution in [1.82, 2.24) is 10.6 Å². The van der Waals surface area contributed by atoms with Gasteiger partial charge < -0.3 is 20.1 Å². The normalized spacial score (nSPS) is 12.2. The number of thiophene rings is 1. The SMILES string of the molecule is CNC(=O)OCc1ccccc1-c1csc([C@@H](C)NC(=O)OC(C)(C)C)c1. The zero-order chi connectivity index (χ0) is 20.0. The van der Waals surface area contributed by atoms with E-state index in [9.17, 15) is 9.59 Å². The zero-order valence-corrected chi connectivity index (χ0v) is 17.1. The van der Waals surface area contributed by atoms with E-state index in [1.807, 2.05) is 63.4 Å². The fraction of sp³-hybridized carbons (Fsp3) is 0.400. The Hall–Kier alpha value is -2.54. The van der Waals surface area contributed by atoms with Gasteiger partial charge in [-0.1, -0.05) is 24.3 Å². The summed E-state index contributed by atoms with van der Waals surface area (Å²) in [4.78, 5) is 24.3. The summed E-state index contributed by atoms with van der Waals surface area (Å²) in [7, 11) is 1.53. The summed E-state index contributed by atoms with van der Waals surface area (Å²) >= 11 is 1.56. The van der Waals surface area contributed by atoms with E-state index in [4.69, 9.17) is 9.47 Å². The van der Waals surface area contributed by atoms with Crippen molar-refractivity contribution >= 4 is 23.5 Å². The Morgan fingerprint density at radius 1 is 1.19 bits per heavy atom. The molecular formula is C20H26N2O4S. The summed E-state index contributed by atoms with van der Waals surface area (Å²) in [6.07, 6.45) is -0.907. The summed E-state index contributed by atoms with van der Waals surface area (Å²) in [5.41, 5.74) is 2.39. The maximum absolute atomic E-state index is 12.0. The molecule has 0 aliphatic heterocycles. The van der Waals surface area contributed by atoms with Gasteiger partial charge in [-0.25, -0.2) is 9.59 Å². The van der Waals surface area contributed by atoms with E-state index in [1.165, 1.54) is 7.05 Å². The number of rotatable bonds is 5. The van der Waals surface area contributed by atoms with Crippen LogP contribution in [0, 0.1) is 0 Å². The predicted octanol–water partition coefficient (Wildman–Crippen LogP) is 4.86. The van der Waals surface area contributed by atoms with E-state index in [2.05, 4.69) is 10.6 Å². The molecule has 1 heterocycles. The molecule has 6 nitrogen and oxygen atoms in total. The van der Waals surface area contributed by atoms with Gasteiger partial charge >= 0.3 is 12.2 Å². The molecule has 27 heavy (non-hydrogen) atoms. The molecule has 1 atom stereocenters. The Balaban J connectivity index is 2.11. The Bertz CT molecular complexity index is 795. The van der Waals surface area contributed by atoms with Crippen molar-refractivity contribution < 1.29 is 19.1 Å². The van der Waals surface area contributed by atoms with Gasteiger partial charge in [0.2, 0.25) is 0 Å². The van der Waals surface area contributed by atoms with Crippen LogP contribution in [0.4, 0.5) is 9.59 Å². The first kappa shape index (κ1) is 20.8. The zero-order valence-electron chi connectivity index (χ0n) is 16.3. The molecule has 0 spiro atoms. The number of alkyl carbamates (subject to hydrolysis) is 2. The van der Waals surface area contributed by atoms with Crippen LogP contribution in [0.5, 0.6) is 0 Å². The third-order valence-corrected chi connectivity index (χ3v) is 4.79. The maximum Gasteiger partial charge on any atom is 0.408 e. The molecule has 0 fully saturated rings. The van der Waals surface area contributed by atoms with Gasteiger partial charge in [-0.2, -0.15) is 0 Å². The number of carbonyl (C=O) groups excluding carboxylic acids is 2. The van der Waals surface area contributed by atoms with Crippen molar-refractivity contribution in [2.75, 3.05) is 7.05 Å². The number of ether oxygens (including phenoxy) is 2. The van der Waals surface area contributed by atoms with Crippen molar-refractivity contribution in [2.45, 2.75) is 45.9 Å². The summed E-state index contributed by atoms with van der Waals surface area (Å²) in [6, 6.07) is 9.63. The Labute approximate surface area is 163 Å². The van der Waals surface area contributed by atoms with Crippen molar-refractivity contribution in [2.24, 2.45) is 0 Å². The highest BCUT2D eigenvalue weighted by Crippen LogP contribution is 2.31. The van der Waals surface area contributed by atoms with Crippen LogP contribution in [0.2, 0.25) is 0 Å². The lowest BCUT2D eigenvalue weighted by molar-refractivity contribution is 0.0508. The molecule has 2 N–H and O–H groups in total. The molecule has 1 aromatic carbocycles. The van der Waals surface area contributed by atoms with Gasteiger partial charge in [0.25, 0.3) is 0 Å². The highest BCUT2D eigenvalue weighted by Gasteiger charge is 2.19. The number of hydrogen-bond donors (Lipinski definition) is 2. The van der Waals surface area contributed by atoms with Crippen LogP contribution in [0.15, 0.2) is 35.7 Å². The van der Waals surface area contributed by atoms with Gasteiger partial charge in [0.1, 0.15) is 12.2 Å². The molecule has 146 valence electrons. The lowest BCUT2D eigenvalue weighted by atomic mass is 10.0. The van der Waals surface area contributed by atoms with E-state index in [0.29, 0.717) is 0 Å². The third kappa shape index (κ3) is 6.29. The molecule has 2 aromatic rings. The number of nitrogens with one attached hydrogen (secondary N) is 2. The van der Waals surface area contributed by atoms with E-state index < -0.39 is 17.8 Å². The molecule has 0 unspecified atom stereocenters. The summed E-state index contributed by atoms with van der Waals surface area (Å²) < 4.78 is 10.5. The lowest BCUT2D eigenvalue weighted by Crippen LogP contribution is -2.33. The smallest absolute Gasteiger partial charge is 0.408 e. The number of carbonyl (C=O) groups is 2. The minimum atomic E-state index is -0.534. The number of hydrogen-bond acceptors (Lipinski definition) is 5. The molecule has 2 rings (SSSR count). The molecule has 0 saturated heterocycles. The number of amides is 2. The van der Waals surface area contributed by atoms with Crippen molar-refractivity contribution in [1.29, 1.82) is 0 Å². The quantitative estimate of drug-likeness (QED) is 0.765. The third-order valence-electron chi connectivity index (χ3n) is 3.67. The van der Waals surface area contributed by atoms with E-state index in [1.54, 1.807) is 11.3 Å². The molecule has 2 amide bonds. The molecule has 0 bridgehead atoms. The Morgan fingerprint density at radius 3 is 2.56 bits per heavy atom. The monoisotopic (exact) mass is 390 g/mol. The molecule has 0 aliphatic carbocycles. The van der Waals surface area contributed by atoms with Gasteiger partial charge in [0, 0.05) is 11.9 Å². The first-order valence-electron chi connectivity index (χ1n) is 8.70. The molecular weight excluding hydrogens is 364 g/mol. The fourth-order valence-electron chi connectivity index (χ4n) is 2.42. The maximum atomic E-state index is 12.0. The minimum absolute atomic E-state index is 0.173. The van der Waals surface area contributed by atoms with Crippen molar-refractivity contribution in [3.05, 3.63) is 46.2 Å². The molecule has 0 aliphatic rings. The summed E-state index contributed by atoms with van der Waals surface area (Å²) in [6.45, 7) is 7.60. The second-order valence-electron chi connectivity index (χ2n) is 7.09.